The zero-order valence-electron chi connectivity index (χ0n) is 8.64. The van der Waals surface area contributed by atoms with Crippen LogP contribution in [0.1, 0.15) is 17.4 Å². The van der Waals surface area contributed by atoms with Gasteiger partial charge in [-0.2, -0.15) is 13.2 Å². The summed E-state index contributed by atoms with van der Waals surface area (Å²) in [5.41, 5.74) is -0.426. The van der Waals surface area contributed by atoms with Gasteiger partial charge in [0.1, 0.15) is 0 Å². The van der Waals surface area contributed by atoms with Gasteiger partial charge in [-0.1, -0.05) is 15.9 Å². The first-order valence-electron chi connectivity index (χ1n) is 4.32. The third kappa shape index (κ3) is 2.96. The maximum atomic E-state index is 12.5. The predicted molar refractivity (Wildman–Crippen MR) is 55.9 cm³/mol. The lowest BCUT2D eigenvalue weighted by Gasteiger charge is -2.17. The van der Waals surface area contributed by atoms with Crippen molar-refractivity contribution in [3.63, 3.8) is 0 Å². The summed E-state index contributed by atoms with van der Waals surface area (Å²) in [7, 11) is 2.72. The number of rotatable bonds is 3. The van der Waals surface area contributed by atoms with E-state index in [1.165, 1.54) is 20.3 Å². The van der Waals surface area contributed by atoms with E-state index in [4.69, 9.17) is 9.47 Å². The van der Waals surface area contributed by atoms with Gasteiger partial charge in [0, 0.05) is 24.3 Å². The van der Waals surface area contributed by atoms with E-state index in [1.807, 2.05) is 0 Å². The molecule has 0 spiro atoms. The minimum Gasteiger partial charge on any atom is -0.352 e. The predicted octanol–water partition coefficient (Wildman–Crippen LogP) is 3.76. The van der Waals surface area contributed by atoms with E-state index in [2.05, 4.69) is 15.9 Å². The van der Waals surface area contributed by atoms with Gasteiger partial charge in [0.2, 0.25) is 0 Å². The second kappa shape index (κ2) is 5.16. The highest BCUT2D eigenvalue weighted by atomic mass is 79.9. The molecule has 0 heterocycles. The third-order valence-corrected chi connectivity index (χ3v) is 2.73. The number of hydrogen-bond donors (Lipinski definition) is 0. The Hall–Kier alpha value is -0.590. The van der Waals surface area contributed by atoms with Gasteiger partial charge >= 0.3 is 6.18 Å². The number of methoxy groups -OCH3 is 2. The average molecular weight is 299 g/mol. The van der Waals surface area contributed by atoms with Gasteiger partial charge in [0.25, 0.3) is 0 Å². The summed E-state index contributed by atoms with van der Waals surface area (Å²) in [5, 5.41) is 0. The molecule has 0 aliphatic carbocycles. The number of benzene rings is 1. The molecule has 0 amide bonds. The smallest absolute Gasteiger partial charge is 0.352 e. The van der Waals surface area contributed by atoms with Gasteiger partial charge in [-0.25, -0.2) is 0 Å². The van der Waals surface area contributed by atoms with Crippen molar-refractivity contribution < 1.29 is 22.6 Å². The first-order chi connectivity index (χ1) is 7.40. The highest BCUT2D eigenvalue weighted by molar-refractivity contribution is 9.10. The van der Waals surface area contributed by atoms with E-state index in [9.17, 15) is 13.2 Å². The molecule has 16 heavy (non-hydrogen) atoms. The normalized spacial score (nSPS) is 12.2. The van der Waals surface area contributed by atoms with E-state index in [0.29, 0.717) is 10.0 Å². The first kappa shape index (κ1) is 13.5. The van der Waals surface area contributed by atoms with Crippen molar-refractivity contribution in [2.75, 3.05) is 14.2 Å². The highest BCUT2D eigenvalue weighted by Crippen LogP contribution is 2.34. The Kier molecular flexibility index (Phi) is 4.35. The van der Waals surface area contributed by atoms with Crippen LogP contribution in [0.2, 0.25) is 0 Å². The fraction of sp³-hybridized carbons (Fsp3) is 0.400. The molecule has 6 heteroatoms. The molecule has 0 saturated heterocycles. The largest absolute Gasteiger partial charge is 0.416 e. The summed E-state index contributed by atoms with van der Waals surface area (Å²) in [6, 6.07) is 3.32. The monoisotopic (exact) mass is 298 g/mol. The zero-order valence-corrected chi connectivity index (χ0v) is 10.2. The maximum Gasteiger partial charge on any atom is 0.416 e. The number of hydrogen-bond acceptors (Lipinski definition) is 2. The average Bonchev–Trinajstić information content (AvgIpc) is 2.20. The van der Waals surface area contributed by atoms with Gasteiger partial charge in [0.05, 0.1) is 5.56 Å². The first-order valence-corrected chi connectivity index (χ1v) is 5.11. The quantitative estimate of drug-likeness (QED) is 0.791. The van der Waals surface area contributed by atoms with Crippen molar-refractivity contribution in [1.29, 1.82) is 0 Å². The molecular weight excluding hydrogens is 289 g/mol. The van der Waals surface area contributed by atoms with Crippen LogP contribution in [0, 0.1) is 0 Å². The summed E-state index contributed by atoms with van der Waals surface area (Å²) in [4.78, 5) is 0. The van der Waals surface area contributed by atoms with Crippen LogP contribution in [-0.4, -0.2) is 14.2 Å². The molecular formula is C10H10BrF3O2. The summed E-state index contributed by atoms with van der Waals surface area (Å²) < 4.78 is 47.8. The lowest BCUT2D eigenvalue weighted by Crippen LogP contribution is -2.09. The molecule has 0 unspecified atom stereocenters. The van der Waals surface area contributed by atoms with E-state index < -0.39 is 18.0 Å². The molecule has 0 aromatic heterocycles. The molecule has 0 bridgehead atoms. The van der Waals surface area contributed by atoms with Crippen LogP contribution in [0.15, 0.2) is 22.7 Å². The molecule has 0 aliphatic rings. The zero-order chi connectivity index (χ0) is 12.3. The molecule has 1 rings (SSSR count). The molecule has 0 radical (unpaired) electrons. The standard InChI is InChI=1S/C10H10BrF3O2/c1-15-9(16-2)7-5-6(10(12,13)14)3-4-8(7)11/h3-5,9H,1-2H3. The lowest BCUT2D eigenvalue weighted by molar-refractivity contribution is -0.138. The summed E-state index contributed by atoms with van der Waals surface area (Å²) in [6.07, 6.45) is -5.20. The van der Waals surface area contributed by atoms with Crippen LogP contribution in [0.4, 0.5) is 13.2 Å². The fourth-order valence-electron chi connectivity index (χ4n) is 1.25. The van der Waals surface area contributed by atoms with Gasteiger partial charge in [0.15, 0.2) is 6.29 Å². The topological polar surface area (TPSA) is 18.5 Å². The van der Waals surface area contributed by atoms with Crippen molar-refractivity contribution in [2.45, 2.75) is 12.5 Å². The van der Waals surface area contributed by atoms with Gasteiger partial charge < -0.3 is 9.47 Å². The van der Waals surface area contributed by atoms with Crippen molar-refractivity contribution >= 4 is 15.9 Å². The molecule has 2 nitrogen and oxygen atoms in total. The number of ether oxygens (including phenoxy) is 2. The highest BCUT2D eigenvalue weighted by Gasteiger charge is 2.31. The van der Waals surface area contributed by atoms with Crippen LogP contribution in [-0.2, 0) is 15.7 Å². The molecule has 0 N–H and O–H groups in total. The third-order valence-electron chi connectivity index (χ3n) is 2.01. The van der Waals surface area contributed by atoms with Crippen LogP contribution < -0.4 is 0 Å². The van der Waals surface area contributed by atoms with Crippen LogP contribution in [0.25, 0.3) is 0 Å². The summed E-state index contributed by atoms with van der Waals surface area (Å²) >= 11 is 3.15. The minimum atomic E-state index is -4.37. The Balaban J connectivity index is 3.18. The Morgan fingerprint density at radius 2 is 1.75 bits per heavy atom. The minimum absolute atomic E-state index is 0.305. The number of alkyl halides is 3. The second-order valence-electron chi connectivity index (χ2n) is 3.04. The Bertz CT molecular complexity index is 362. The molecule has 1 aromatic carbocycles. The SMILES string of the molecule is COC(OC)c1cc(C(F)(F)F)ccc1Br. The van der Waals surface area contributed by atoms with Crippen molar-refractivity contribution in [3.8, 4) is 0 Å². The van der Waals surface area contributed by atoms with Crippen LogP contribution >= 0.6 is 15.9 Å². The van der Waals surface area contributed by atoms with Gasteiger partial charge in [-0.15, -0.1) is 0 Å². The maximum absolute atomic E-state index is 12.5. The van der Waals surface area contributed by atoms with Crippen molar-refractivity contribution in [2.24, 2.45) is 0 Å². The number of halogens is 4. The fourth-order valence-corrected chi connectivity index (χ4v) is 1.68. The van der Waals surface area contributed by atoms with E-state index in [1.54, 1.807) is 0 Å². The molecule has 1 aromatic rings. The summed E-state index contributed by atoms with van der Waals surface area (Å²) in [6.45, 7) is 0. The van der Waals surface area contributed by atoms with E-state index in [-0.39, 0.29) is 0 Å². The van der Waals surface area contributed by atoms with Crippen molar-refractivity contribution in [1.82, 2.24) is 0 Å². The van der Waals surface area contributed by atoms with Crippen molar-refractivity contribution in [3.05, 3.63) is 33.8 Å². The molecule has 0 fully saturated rings. The van der Waals surface area contributed by atoms with Crippen LogP contribution in [0.5, 0.6) is 0 Å². The van der Waals surface area contributed by atoms with Gasteiger partial charge in [-0.05, 0) is 18.2 Å². The molecule has 90 valence electrons. The Morgan fingerprint density at radius 1 is 1.19 bits per heavy atom. The summed E-state index contributed by atoms with van der Waals surface area (Å²) in [5.74, 6) is 0. The molecule has 0 atom stereocenters. The van der Waals surface area contributed by atoms with E-state index in [0.717, 1.165) is 12.1 Å². The lowest BCUT2D eigenvalue weighted by atomic mass is 10.1. The van der Waals surface area contributed by atoms with Gasteiger partial charge in [-0.3, -0.25) is 0 Å². The van der Waals surface area contributed by atoms with Crippen LogP contribution in [0.3, 0.4) is 0 Å². The molecule has 0 aliphatic heterocycles. The Morgan fingerprint density at radius 3 is 2.19 bits per heavy atom. The second-order valence-corrected chi connectivity index (χ2v) is 3.89. The van der Waals surface area contributed by atoms with E-state index >= 15 is 0 Å². The molecule has 0 saturated carbocycles. The Labute approximate surface area is 99.5 Å².